The highest BCUT2D eigenvalue weighted by molar-refractivity contribution is 6.03. The molecular weight excluding hydrogens is 344 g/mol. The van der Waals surface area contributed by atoms with Crippen LogP contribution in [0.25, 0.3) is 38.7 Å². The van der Waals surface area contributed by atoms with Gasteiger partial charge in [-0.2, -0.15) is 0 Å². The Labute approximate surface area is 153 Å². The number of H-pyrrole nitrogens is 1. The summed E-state index contributed by atoms with van der Waals surface area (Å²) in [6, 6.07) is 9.35. The first-order chi connectivity index (χ1) is 13.2. The second-order valence-corrected chi connectivity index (χ2v) is 6.31. The first-order valence-electron chi connectivity index (χ1n) is 8.67. The molecule has 0 atom stereocenters. The standard InChI is InChI=1S/C20H16N4O3/c1-3-26-16-6-7-21-19-17(16)24(20(25)23-19)13-4-5-15-14(9-13)18-12(10-22-15)8-11(2)27-18/h4-10H,3H2,1-2H3,(H,21,23,25). The van der Waals surface area contributed by atoms with Crippen LogP contribution in [0, 0.1) is 6.92 Å². The van der Waals surface area contributed by atoms with Crippen molar-refractivity contribution in [3.63, 3.8) is 0 Å². The molecule has 0 radical (unpaired) electrons. The maximum atomic E-state index is 12.7. The monoisotopic (exact) mass is 360 g/mol. The summed E-state index contributed by atoms with van der Waals surface area (Å²) >= 11 is 0. The van der Waals surface area contributed by atoms with Crippen LogP contribution in [0.2, 0.25) is 0 Å². The molecule has 5 aromatic rings. The third-order valence-corrected chi connectivity index (χ3v) is 4.55. The van der Waals surface area contributed by atoms with E-state index >= 15 is 0 Å². The molecule has 5 rings (SSSR count). The summed E-state index contributed by atoms with van der Waals surface area (Å²) in [5.41, 5.74) is 3.07. The van der Waals surface area contributed by atoms with Crippen LogP contribution in [0.1, 0.15) is 12.7 Å². The number of aryl methyl sites for hydroxylation is 1. The van der Waals surface area contributed by atoms with Crippen LogP contribution in [0.3, 0.4) is 0 Å². The molecule has 27 heavy (non-hydrogen) atoms. The van der Waals surface area contributed by atoms with Gasteiger partial charge in [0.1, 0.15) is 22.6 Å². The molecule has 0 saturated carbocycles. The Morgan fingerprint density at radius 2 is 2.11 bits per heavy atom. The molecule has 0 saturated heterocycles. The van der Waals surface area contributed by atoms with Gasteiger partial charge in [0.15, 0.2) is 5.65 Å². The molecule has 0 aliphatic rings. The van der Waals surface area contributed by atoms with E-state index in [1.165, 1.54) is 0 Å². The van der Waals surface area contributed by atoms with Gasteiger partial charge in [-0.25, -0.2) is 9.78 Å². The van der Waals surface area contributed by atoms with Crippen molar-refractivity contribution in [2.75, 3.05) is 6.61 Å². The summed E-state index contributed by atoms with van der Waals surface area (Å²) in [7, 11) is 0. The normalized spacial score (nSPS) is 11.6. The highest BCUT2D eigenvalue weighted by Gasteiger charge is 2.16. The highest BCUT2D eigenvalue weighted by Crippen LogP contribution is 2.30. The Kier molecular flexibility index (Phi) is 3.30. The molecule has 0 fully saturated rings. The van der Waals surface area contributed by atoms with Crippen LogP contribution < -0.4 is 10.4 Å². The molecule has 0 amide bonds. The predicted octanol–water partition coefficient (Wildman–Crippen LogP) is 3.72. The Balaban J connectivity index is 1.84. The SMILES string of the molecule is CCOc1ccnc2[nH]c(=O)n(-c3ccc4ncc5cc(C)oc5c4c3)c12. The van der Waals surface area contributed by atoms with E-state index in [0.29, 0.717) is 29.2 Å². The summed E-state index contributed by atoms with van der Waals surface area (Å²) in [5, 5.41) is 1.78. The first-order valence-corrected chi connectivity index (χ1v) is 8.67. The van der Waals surface area contributed by atoms with Gasteiger partial charge in [0.2, 0.25) is 0 Å². The van der Waals surface area contributed by atoms with Crippen LogP contribution in [0.4, 0.5) is 0 Å². The van der Waals surface area contributed by atoms with E-state index in [9.17, 15) is 4.79 Å². The molecule has 1 N–H and O–H groups in total. The molecule has 0 unspecified atom stereocenters. The summed E-state index contributed by atoms with van der Waals surface area (Å²) in [6.07, 6.45) is 3.41. The van der Waals surface area contributed by atoms with Gasteiger partial charge >= 0.3 is 5.69 Å². The lowest BCUT2D eigenvalue weighted by atomic mass is 10.1. The molecule has 134 valence electrons. The van der Waals surface area contributed by atoms with Crippen molar-refractivity contribution < 1.29 is 9.15 Å². The molecule has 0 aliphatic heterocycles. The minimum absolute atomic E-state index is 0.278. The number of furan rings is 1. The Morgan fingerprint density at radius 1 is 1.22 bits per heavy atom. The number of ether oxygens (including phenoxy) is 1. The van der Waals surface area contributed by atoms with Crippen LogP contribution >= 0.6 is 0 Å². The lowest BCUT2D eigenvalue weighted by Crippen LogP contribution is -2.15. The lowest BCUT2D eigenvalue weighted by Gasteiger charge is -2.09. The number of nitrogens with zero attached hydrogens (tertiary/aromatic N) is 3. The number of imidazole rings is 1. The zero-order valence-electron chi connectivity index (χ0n) is 14.8. The average molecular weight is 360 g/mol. The third kappa shape index (κ3) is 2.32. The van der Waals surface area contributed by atoms with Gasteiger partial charge in [0.25, 0.3) is 0 Å². The van der Waals surface area contributed by atoms with E-state index in [0.717, 1.165) is 27.6 Å². The molecule has 0 bridgehead atoms. The van der Waals surface area contributed by atoms with Gasteiger partial charge in [-0.05, 0) is 38.1 Å². The fourth-order valence-corrected chi connectivity index (χ4v) is 3.46. The number of nitrogens with one attached hydrogen (secondary N) is 1. The molecule has 0 spiro atoms. The molecule has 4 aromatic heterocycles. The number of aromatic amines is 1. The van der Waals surface area contributed by atoms with Crippen molar-refractivity contribution in [1.82, 2.24) is 19.5 Å². The van der Waals surface area contributed by atoms with E-state index in [4.69, 9.17) is 9.15 Å². The van der Waals surface area contributed by atoms with Crippen molar-refractivity contribution in [3.05, 3.63) is 59.0 Å². The van der Waals surface area contributed by atoms with Crippen LogP contribution in [-0.4, -0.2) is 26.1 Å². The summed E-state index contributed by atoms with van der Waals surface area (Å²) in [4.78, 5) is 24.2. The highest BCUT2D eigenvalue weighted by atomic mass is 16.5. The maximum absolute atomic E-state index is 12.7. The third-order valence-electron chi connectivity index (χ3n) is 4.55. The number of pyridine rings is 2. The number of fused-ring (bicyclic) bond motifs is 4. The van der Waals surface area contributed by atoms with Gasteiger partial charge < -0.3 is 9.15 Å². The summed E-state index contributed by atoms with van der Waals surface area (Å²) in [5.74, 6) is 1.42. The van der Waals surface area contributed by atoms with E-state index < -0.39 is 0 Å². The van der Waals surface area contributed by atoms with Crippen molar-refractivity contribution >= 4 is 33.0 Å². The molecule has 7 nitrogen and oxygen atoms in total. The average Bonchev–Trinajstić information content (AvgIpc) is 3.20. The van der Waals surface area contributed by atoms with Crippen molar-refractivity contribution in [3.8, 4) is 11.4 Å². The van der Waals surface area contributed by atoms with Gasteiger partial charge in [-0.1, -0.05) is 0 Å². The smallest absolute Gasteiger partial charge is 0.332 e. The number of benzene rings is 1. The van der Waals surface area contributed by atoms with E-state index in [1.807, 2.05) is 38.1 Å². The molecular formula is C20H16N4O3. The van der Waals surface area contributed by atoms with Crippen LogP contribution in [-0.2, 0) is 0 Å². The maximum Gasteiger partial charge on any atom is 0.332 e. The topological polar surface area (TPSA) is 85.9 Å². The molecule has 0 aliphatic carbocycles. The Hall–Kier alpha value is -3.61. The first kappa shape index (κ1) is 15.6. The van der Waals surface area contributed by atoms with Gasteiger partial charge in [0, 0.05) is 29.2 Å². The van der Waals surface area contributed by atoms with Gasteiger partial charge in [-0.3, -0.25) is 14.5 Å². The molecule has 1 aromatic carbocycles. The second-order valence-electron chi connectivity index (χ2n) is 6.31. The van der Waals surface area contributed by atoms with Crippen molar-refractivity contribution in [1.29, 1.82) is 0 Å². The molecule has 7 heteroatoms. The van der Waals surface area contributed by atoms with Gasteiger partial charge in [0.05, 0.1) is 17.8 Å². The zero-order chi connectivity index (χ0) is 18.5. The minimum Gasteiger partial charge on any atom is -0.491 e. The molecule has 4 heterocycles. The van der Waals surface area contributed by atoms with E-state index in [1.54, 1.807) is 23.0 Å². The number of hydrogen-bond acceptors (Lipinski definition) is 5. The van der Waals surface area contributed by atoms with Crippen molar-refractivity contribution in [2.45, 2.75) is 13.8 Å². The fourth-order valence-electron chi connectivity index (χ4n) is 3.46. The van der Waals surface area contributed by atoms with Crippen molar-refractivity contribution in [2.24, 2.45) is 0 Å². The summed E-state index contributed by atoms with van der Waals surface area (Å²) < 4.78 is 13.1. The number of aromatic nitrogens is 4. The van der Waals surface area contributed by atoms with Gasteiger partial charge in [-0.15, -0.1) is 0 Å². The Bertz CT molecular complexity index is 1380. The van der Waals surface area contributed by atoms with Crippen LogP contribution in [0.5, 0.6) is 5.75 Å². The summed E-state index contributed by atoms with van der Waals surface area (Å²) in [6.45, 7) is 4.30. The minimum atomic E-state index is -0.278. The lowest BCUT2D eigenvalue weighted by molar-refractivity contribution is 0.343. The predicted molar refractivity (Wildman–Crippen MR) is 103 cm³/mol. The van der Waals surface area contributed by atoms with E-state index in [-0.39, 0.29) is 5.69 Å². The largest absolute Gasteiger partial charge is 0.491 e. The Morgan fingerprint density at radius 3 is 2.96 bits per heavy atom. The zero-order valence-corrected chi connectivity index (χ0v) is 14.8. The number of rotatable bonds is 3. The number of hydrogen-bond donors (Lipinski definition) is 1. The fraction of sp³-hybridized carbons (Fsp3) is 0.150. The van der Waals surface area contributed by atoms with E-state index in [2.05, 4.69) is 15.0 Å². The van der Waals surface area contributed by atoms with Crippen LogP contribution in [0.15, 0.2) is 51.9 Å². The quantitative estimate of drug-likeness (QED) is 0.530. The second kappa shape index (κ2) is 5.70.